The maximum atomic E-state index is 12.0. The molecule has 1 aromatic carbocycles. The van der Waals surface area contributed by atoms with E-state index >= 15 is 0 Å². The van der Waals surface area contributed by atoms with Crippen LogP contribution in [0.2, 0.25) is 0 Å². The van der Waals surface area contributed by atoms with Crippen LogP contribution >= 0.6 is 28.1 Å². The fraction of sp³-hybridized carbons (Fsp3) is 0.0769. The Morgan fingerprint density at radius 3 is 2.65 bits per heavy atom. The van der Waals surface area contributed by atoms with Gasteiger partial charge in [-0.25, -0.2) is 4.98 Å². The van der Waals surface area contributed by atoms with Crippen molar-refractivity contribution in [2.24, 2.45) is 5.73 Å². The zero-order valence-corrected chi connectivity index (χ0v) is 13.0. The van der Waals surface area contributed by atoms with E-state index in [1.165, 1.54) is 6.20 Å². The average molecular weight is 351 g/mol. The lowest BCUT2D eigenvalue weighted by atomic mass is 10.2. The van der Waals surface area contributed by atoms with Crippen molar-refractivity contribution in [3.05, 3.63) is 52.0 Å². The van der Waals surface area contributed by atoms with Gasteiger partial charge in [0.15, 0.2) is 0 Å². The topological polar surface area (TPSA) is 80.9 Å². The van der Waals surface area contributed by atoms with Crippen molar-refractivity contribution in [1.29, 1.82) is 0 Å². The quantitative estimate of drug-likeness (QED) is 0.831. The fourth-order valence-corrected chi connectivity index (χ4v) is 2.07. The van der Waals surface area contributed by atoms with E-state index in [2.05, 4.69) is 31.2 Å². The Hall–Kier alpha value is -1.86. The highest BCUT2D eigenvalue weighted by Crippen LogP contribution is 2.24. The summed E-state index contributed by atoms with van der Waals surface area (Å²) in [5.41, 5.74) is 7.88. The second kappa shape index (κ2) is 6.06. The van der Waals surface area contributed by atoms with E-state index in [1.54, 1.807) is 31.3 Å². The molecule has 0 atom stereocenters. The van der Waals surface area contributed by atoms with Crippen LogP contribution in [0.25, 0.3) is 0 Å². The minimum Gasteiger partial charge on any atom is -0.389 e. The number of aromatic nitrogens is 2. The van der Waals surface area contributed by atoms with Gasteiger partial charge in [-0.1, -0.05) is 12.2 Å². The lowest BCUT2D eigenvalue weighted by Gasteiger charge is -2.08. The molecule has 0 fully saturated rings. The van der Waals surface area contributed by atoms with Crippen molar-refractivity contribution < 1.29 is 4.79 Å². The van der Waals surface area contributed by atoms with Crippen LogP contribution in [-0.2, 0) is 0 Å². The van der Waals surface area contributed by atoms with Crippen molar-refractivity contribution in [3.63, 3.8) is 0 Å². The van der Waals surface area contributed by atoms with Crippen LogP contribution in [0.1, 0.15) is 21.7 Å². The molecule has 2 rings (SSSR count). The molecule has 0 saturated heterocycles. The molecule has 2 aromatic rings. The molecule has 0 unspecified atom stereocenters. The molecular weight excluding hydrogens is 340 g/mol. The van der Waals surface area contributed by atoms with Crippen LogP contribution in [0, 0.1) is 6.92 Å². The number of carbonyl (C=O) groups is 1. The third kappa shape index (κ3) is 3.37. The number of carbonyl (C=O) groups excluding carboxylic acids is 1. The highest BCUT2D eigenvalue weighted by Gasteiger charge is 2.10. The van der Waals surface area contributed by atoms with Gasteiger partial charge in [-0.3, -0.25) is 9.78 Å². The molecule has 3 N–H and O–H groups in total. The highest BCUT2D eigenvalue weighted by molar-refractivity contribution is 9.10. The molecule has 0 aliphatic carbocycles. The second-order valence-corrected chi connectivity index (χ2v) is 5.35. The van der Waals surface area contributed by atoms with Gasteiger partial charge in [0.25, 0.3) is 5.91 Å². The smallest absolute Gasteiger partial charge is 0.275 e. The predicted octanol–water partition coefficient (Wildman–Crippen LogP) is 2.43. The summed E-state index contributed by atoms with van der Waals surface area (Å²) in [5.74, 6) is -0.332. The number of nitrogens with zero attached hydrogens (tertiary/aromatic N) is 2. The number of halogens is 1. The van der Waals surface area contributed by atoms with E-state index in [0.29, 0.717) is 15.1 Å². The third-order valence-corrected chi connectivity index (χ3v) is 3.41. The zero-order chi connectivity index (χ0) is 14.7. The van der Waals surface area contributed by atoms with Crippen molar-refractivity contribution in [3.8, 4) is 0 Å². The van der Waals surface area contributed by atoms with Gasteiger partial charge in [-0.15, -0.1) is 0 Å². The number of nitrogens with two attached hydrogens (primary N) is 1. The Morgan fingerprint density at radius 2 is 2.10 bits per heavy atom. The van der Waals surface area contributed by atoms with Gasteiger partial charge in [0.2, 0.25) is 0 Å². The van der Waals surface area contributed by atoms with Gasteiger partial charge in [-0.2, -0.15) is 0 Å². The third-order valence-electron chi connectivity index (χ3n) is 2.52. The Kier molecular flexibility index (Phi) is 4.41. The van der Waals surface area contributed by atoms with E-state index in [4.69, 9.17) is 18.0 Å². The minimum absolute atomic E-state index is 0.251. The molecule has 102 valence electrons. The number of rotatable bonds is 3. The summed E-state index contributed by atoms with van der Waals surface area (Å²) >= 11 is 8.25. The minimum atomic E-state index is -0.332. The molecule has 0 saturated carbocycles. The zero-order valence-electron chi connectivity index (χ0n) is 10.6. The Bertz CT molecular complexity index is 673. The van der Waals surface area contributed by atoms with Crippen molar-refractivity contribution in [2.45, 2.75) is 6.92 Å². The van der Waals surface area contributed by atoms with Crippen LogP contribution in [-0.4, -0.2) is 20.9 Å². The summed E-state index contributed by atoms with van der Waals surface area (Å²) in [6.45, 7) is 1.81. The number of anilines is 1. The number of hydrogen-bond donors (Lipinski definition) is 2. The van der Waals surface area contributed by atoms with Gasteiger partial charge < -0.3 is 11.1 Å². The molecule has 1 aromatic heterocycles. The van der Waals surface area contributed by atoms with E-state index in [-0.39, 0.29) is 11.6 Å². The molecule has 0 aliphatic rings. The van der Waals surface area contributed by atoms with Crippen LogP contribution in [0.4, 0.5) is 5.69 Å². The van der Waals surface area contributed by atoms with E-state index in [9.17, 15) is 4.79 Å². The number of benzene rings is 1. The van der Waals surface area contributed by atoms with Crippen LogP contribution in [0.15, 0.2) is 35.1 Å². The Labute approximate surface area is 129 Å². The molecular formula is C13H11BrN4OS. The van der Waals surface area contributed by atoms with E-state index < -0.39 is 0 Å². The molecule has 0 aliphatic heterocycles. The second-order valence-electron chi connectivity index (χ2n) is 4.06. The lowest BCUT2D eigenvalue weighted by Crippen LogP contribution is -2.15. The van der Waals surface area contributed by atoms with Crippen LogP contribution in [0.5, 0.6) is 0 Å². The number of hydrogen-bond acceptors (Lipinski definition) is 4. The monoisotopic (exact) mass is 350 g/mol. The molecule has 5 nitrogen and oxygen atoms in total. The van der Waals surface area contributed by atoms with Gasteiger partial charge in [-0.05, 0) is 41.1 Å². The first-order chi connectivity index (χ1) is 9.47. The van der Waals surface area contributed by atoms with Gasteiger partial charge >= 0.3 is 0 Å². The van der Waals surface area contributed by atoms with Crippen LogP contribution < -0.4 is 11.1 Å². The van der Waals surface area contributed by atoms with Gasteiger partial charge in [0.1, 0.15) is 10.7 Å². The molecule has 0 radical (unpaired) electrons. The number of amides is 1. The first-order valence-electron chi connectivity index (χ1n) is 5.66. The summed E-state index contributed by atoms with van der Waals surface area (Å²) < 4.78 is 0.691. The molecule has 1 amide bonds. The van der Waals surface area contributed by atoms with Crippen molar-refractivity contribution >= 4 is 44.7 Å². The SMILES string of the molecule is Cc1cnc(C(=O)Nc2ccc(C(N)=S)cc2Br)cn1. The maximum absolute atomic E-state index is 12.0. The van der Waals surface area contributed by atoms with Crippen LogP contribution in [0.3, 0.4) is 0 Å². The average Bonchev–Trinajstić information content (AvgIpc) is 2.41. The number of aryl methyl sites for hydroxylation is 1. The summed E-state index contributed by atoms with van der Waals surface area (Å²) in [5, 5.41) is 2.74. The van der Waals surface area contributed by atoms with E-state index in [0.717, 1.165) is 11.3 Å². The van der Waals surface area contributed by atoms with Gasteiger partial charge in [0, 0.05) is 16.2 Å². The summed E-state index contributed by atoms with van der Waals surface area (Å²) in [4.78, 5) is 20.4. The Morgan fingerprint density at radius 1 is 1.35 bits per heavy atom. The normalized spacial score (nSPS) is 10.1. The number of thiocarbonyl (C=S) groups is 1. The maximum Gasteiger partial charge on any atom is 0.275 e. The predicted molar refractivity (Wildman–Crippen MR) is 84.8 cm³/mol. The summed E-state index contributed by atoms with van der Waals surface area (Å²) in [6, 6.07) is 5.21. The summed E-state index contributed by atoms with van der Waals surface area (Å²) in [7, 11) is 0. The standard InChI is InChI=1S/C13H11BrN4OS/c1-7-5-17-11(6-16-7)13(19)18-10-3-2-8(12(15)20)4-9(10)14/h2-6H,1H3,(H2,15,20)(H,18,19). The first kappa shape index (κ1) is 14.5. The lowest BCUT2D eigenvalue weighted by molar-refractivity contribution is 0.102. The Balaban J connectivity index is 2.19. The molecule has 1 heterocycles. The molecule has 20 heavy (non-hydrogen) atoms. The van der Waals surface area contributed by atoms with Gasteiger partial charge in [0.05, 0.1) is 17.6 Å². The molecule has 0 spiro atoms. The first-order valence-corrected chi connectivity index (χ1v) is 6.87. The van der Waals surface area contributed by atoms with Crippen molar-refractivity contribution in [1.82, 2.24) is 9.97 Å². The number of nitrogens with one attached hydrogen (secondary N) is 1. The largest absolute Gasteiger partial charge is 0.389 e. The summed E-state index contributed by atoms with van der Waals surface area (Å²) in [6.07, 6.45) is 2.97. The van der Waals surface area contributed by atoms with Crippen molar-refractivity contribution in [2.75, 3.05) is 5.32 Å². The highest BCUT2D eigenvalue weighted by atomic mass is 79.9. The molecule has 0 bridgehead atoms. The van der Waals surface area contributed by atoms with E-state index in [1.807, 2.05) is 0 Å². The molecule has 7 heteroatoms. The fourth-order valence-electron chi connectivity index (χ4n) is 1.47.